The summed E-state index contributed by atoms with van der Waals surface area (Å²) in [5.74, 6) is -0.0594. The highest BCUT2D eigenvalue weighted by Gasteiger charge is 2.23. The van der Waals surface area contributed by atoms with E-state index in [0.717, 1.165) is 31.2 Å². The highest BCUT2D eigenvalue weighted by atomic mass is 16.5. The van der Waals surface area contributed by atoms with Gasteiger partial charge in [-0.2, -0.15) is 0 Å². The van der Waals surface area contributed by atoms with Crippen LogP contribution < -0.4 is 4.74 Å². The van der Waals surface area contributed by atoms with Crippen LogP contribution in [0.2, 0.25) is 0 Å². The van der Waals surface area contributed by atoms with Crippen molar-refractivity contribution >= 4 is 5.97 Å². The van der Waals surface area contributed by atoms with Gasteiger partial charge in [-0.3, -0.25) is 0 Å². The molecule has 1 aliphatic heterocycles. The number of fused-ring (bicyclic) bond motifs is 1. The van der Waals surface area contributed by atoms with Crippen molar-refractivity contribution in [1.82, 2.24) is 0 Å². The standard InChI is InChI=1S/C17H24O5/c1-11-8-13(18)7-5-3-4-6-12-9-14(19)10-15(21-2)16(12)17(20)22-11/h9-11,13,18-19H,3-8H2,1-2H3/t11-,13-/m0/s1. The Morgan fingerprint density at radius 2 is 2.05 bits per heavy atom. The summed E-state index contributed by atoms with van der Waals surface area (Å²) < 4.78 is 10.7. The van der Waals surface area contributed by atoms with Gasteiger partial charge in [0.05, 0.1) is 13.2 Å². The second kappa shape index (κ2) is 7.49. The van der Waals surface area contributed by atoms with Crippen LogP contribution in [0.3, 0.4) is 0 Å². The molecule has 5 heteroatoms. The van der Waals surface area contributed by atoms with E-state index in [1.807, 2.05) is 0 Å². The number of cyclic esters (lactones) is 1. The quantitative estimate of drug-likeness (QED) is 0.780. The number of aryl methyl sites for hydroxylation is 1. The summed E-state index contributed by atoms with van der Waals surface area (Å²) in [6.07, 6.45) is 3.80. The summed E-state index contributed by atoms with van der Waals surface area (Å²) in [7, 11) is 1.46. The van der Waals surface area contributed by atoms with Gasteiger partial charge >= 0.3 is 5.97 Å². The normalized spacial score (nSPS) is 23.7. The van der Waals surface area contributed by atoms with Crippen LogP contribution in [0.25, 0.3) is 0 Å². The molecule has 0 saturated heterocycles. The SMILES string of the molecule is COc1cc(O)cc2c1C(=O)O[C@@H](C)C[C@@H](O)CCCCC2. The molecule has 22 heavy (non-hydrogen) atoms. The van der Waals surface area contributed by atoms with Crippen LogP contribution >= 0.6 is 0 Å². The van der Waals surface area contributed by atoms with Crippen molar-refractivity contribution in [3.63, 3.8) is 0 Å². The zero-order valence-corrected chi connectivity index (χ0v) is 13.2. The van der Waals surface area contributed by atoms with E-state index >= 15 is 0 Å². The predicted molar refractivity (Wildman–Crippen MR) is 82.3 cm³/mol. The van der Waals surface area contributed by atoms with E-state index in [2.05, 4.69) is 0 Å². The lowest BCUT2D eigenvalue weighted by atomic mass is 9.97. The predicted octanol–water partition coefficient (Wildman–Crippen LogP) is 2.81. The lowest BCUT2D eigenvalue weighted by Crippen LogP contribution is -2.23. The maximum absolute atomic E-state index is 12.5. The molecule has 0 amide bonds. The van der Waals surface area contributed by atoms with E-state index in [1.165, 1.54) is 13.2 Å². The Balaban J connectivity index is 2.35. The van der Waals surface area contributed by atoms with Gasteiger partial charge in [0.1, 0.15) is 23.2 Å². The number of hydrogen-bond donors (Lipinski definition) is 2. The Morgan fingerprint density at radius 1 is 1.27 bits per heavy atom. The summed E-state index contributed by atoms with van der Waals surface area (Å²) in [5.41, 5.74) is 1.12. The Hall–Kier alpha value is -1.75. The van der Waals surface area contributed by atoms with Crippen LogP contribution in [0.5, 0.6) is 11.5 Å². The summed E-state index contributed by atoms with van der Waals surface area (Å²) in [6.45, 7) is 1.78. The number of aliphatic hydroxyl groups is 1. The summed E-state index contributed by atoms with van der Waals surface area (Å²) in [4.78, 5) is 12.5. The lowest BCUT2D eigenvalue weighted by molar-refractivity contribution is 0.0182. The maximum Gasteiger partial charge on any atom is 0.342 e. The van der Waals surface area contributed by atoms with Crippen LogP contribution in [0.1, 0.15) is 54.9 Å². The topological polar surface area (TPSA) is 76.0 Å². The number of hydrogen-bond acceptors (Lipinski definition) is 5. The van der Waals surface area contributed by atoms with E-state index in [1.54, 1.807) is 13.0 Å². The van der Waals surface area contributed by atoms with Crippen LogP contribution in [-0.4, -0.2) is 35.5 Å². The number of methoxy groups -OCH3 is 1. The molecule has 0 saturated carbocycles. The third kappa shape index (κ3) is 4.13. The van der Waals surface area contributed by atoms with Crippen LogP contribution in [0.4, 0.5) is 0 Å². The van der Waals surface area contributed by atoms with E-state index in [-0.39, 0.29) is 11.9 Å². The number of rotatable bonds is 1. The van der Waals surface area contributed by atoms with Crippen molar-refractivity contribution in [3.05, 3.63) is 23.3 Å². The highest BCUT2D eigenvalue weighted by Crippen LogP contribution is 2.31. The Labute approximate surface area is 130 Å². The minimum atomic E-state index is -0.466. The average Bonchev–Trinajstić information content (AvgIpc) is 2.44. The minimum absolute atomic E-state index is 0.0824. The van der Waals surface area contributed by atoms with Crippen molar-refractivity contribution in [2.45, 2.75) is 57.7 Å². The van der Waals surface area contributed by atoms with Gasteiger partial charge < -0.3 is 19.7 Å². The van der Waals surface area contributed by atoms with Crippen molar-refractivity contribution in [3.8, 4) is 11.5 Å². The zero-order valence-electron chi connectivity index (χ0n) is 13.2. The van der Waals surface area contributed by atoms with Gasteiger partial charge in [-0.15, -0.1) is 0 Å². The molecule has 1 aromatic rings. The second-order valence-corrected chi connectivity index (χ2v) is 5.89. The molecule has 0 unspecified atom stereocenters. The Bertz CT molecular complexity index is 526. The van der Waals surface area contributed by atoms with Gasteiger partial charge in [0, 0.05) is 12.5 Å². The number of aliphatic hydroxyl groups excluding tert-OH is 1. The molecule has 2 N–H and O–H groups in total. The lowest BCUT2D eigenvalue weighted by Gasteiger charge is -2.20. The molecule has 2 rings (SSSR count). The Morgan fingerprint density at radius 3 is 2.77 bits per heavy atom. The number of esters is 1. The van der Waals surface area contributed by atoms with Gasteiger partial charge in [-0.25, -0.2) is 4.79 Å². The molecule has 0 fully saturated rings. The molecule has 0 radical (unpaired) electrons. The average molecular weight is 308 g/mol. The van der Waals surface area contributed by atoms with Crippen LogP contribution in [0.15, 0.2) is 12.1 Å². The number of carbonyl (C=O) groups is 1. The molecular formula is C17H24O5. The summed E-state index contributed by atoms with van der Waals surface area (Å²) >= 11 is 0. The molecule has 1 aliphatic rings. The third-order valence-electron chi connectivity index (χ3n) is 3.99. The van der Waals surface area contributed by atoms with E-state index in [9.17, 15) is 15.0 Å². The van der Waals surface area contributed by atoms with Crippen molar-refractivity contribution in [1.29, 1.82) is 0 Å². The van der Waals surface area contributed by atoms with E-state index in [4.69, 9.17) is 9.47 Å². The number of benzene rings is 1. The van der Waals surface area contributed by atoms with Crippen molar-refractivity contribution in [2.24, 2.45) is 0 Å². The molecule has 122 valence electrons. The molecule has 0 bridgehead atoms. The van der Waals surface area contributed by atoms with Crippen LogP contribution in [0, 0.1) is 0 Å². The zero-order chi connectivity index (χ0) is 16.1. The largest absolute Gasteiger partial charge is 0.508 e. The highest BCUT2D eigenvalue weighted by molar-refractivity contribution is 5.94. The molecule has 2 atom stereocenters. The first-order valence-corrected chi connectivity index (χ1v) is 7.80. The Kier molecular flexibility index (Phi) is 5.66. The smallest absolute Gasteiger partial charge is 0.342 e. The molecule has 0 aliphatic carbocycles. The van der Waals surface area contributed by atoms with E-state index in [0.29, 0.717) is 24.2 Å². The fraction of sp³-hybridized carbons (Fsp3) is 0.588. The van der Waals surface area contributed by atoms with E-state index < -0.39 is 12.1 Å². The first-order valence-electron chi connectivity index (χ1n) is 7.80. The van der Waals surface area contributed by atoms with Crippen molar-refractivity contribution < 1.29 is 24.5 Å². The van der Waals surface area contributed by atoms with Crippen LogP contribution in [-0.2, 0) is 11.2 Å². The maximum atomic E-state index is 12.5. The molecule has 0 aromatic heterocycles. The first-order chi connectivity index (χ1) is 10.5. The number of phenols is 1. The number of carbonyl (C=O) groups excluding carboxylic acids is 1. The molecule has 0 spiro atoms. The number of phenolic OH excluding ortho intramolecular Hbond substituents is 1. The molecule has 1 heterocycles. The fourth-order valence-corrected chi connectivity index (χ4v) is 2.91. The monoisotopic (exact) mass is 308 g/mol. The number of aromatic hydroxyl groups is 1. The molecular weight excluding hydrogens is 284 g/mol. The van der Waals surface area contributed by atoms with Gasteiger partial charge in [-0.1, -0.05) is 12.8 Å². The van der Waals surface area contributed by atoms with Gasteiger partial charge in [-0.05, 0) is 37.8 Å². The van der Waals surface area contributed by atoms with Crippen molar-refractivity contribution in [2.75, 3.05) is 7.11 Å². The first kappa shape index (κ1) is 16.6. The number of ether oxygens (including phenoxy) is 2. The minimum Gasteiger partial charge on any atom is -0.508 e. The molecule has 1 aromatic carbocycles. The summed E-state index contributed by atoms with van der Waals surface area (Å²) in [5, 5.41) is 19.7. The van der Waals surface area contributed by atoms with Gasteiger partial charge in [0.25, 0.3) is 0 Å². The fourth-order valence-electron chi connectivity index (χ4n) is 2.91. The second-order valence-electron chi connectivity index (χ2n) is 5.89. The van der Waals surface area contributed by atoms with Gasteiger partial charge in [0.2, 0.25) is 0 Å². The van der Waals surface area contributed by atoms with Gasteiger partial charge in [0.15, 0.2) is 0 Å². The molecule has 5 nitrogen and oxygen atoms in total. The third-order valence-corrected chi connectivity index (χ3v) is 3.99. The summed E-state index contributed by atoms with van der Waals surface area (Å²) in [6, 6.07) is 3.02.